The van der Waals surface area contributed by atoms with Gasteiger partial charge in [-0.05, 0) is 32.1 Å². The summed E-state index contributed by atoms with van der Waals surface area (Å²) in [4.78, 5) is 0. The summed E-state index contributed by atoms with van der Waals surface area (Å²) in [6, 6.07) is 1.32. The van der Waals surface area contributed by atoms with Gasteiger partial charge in [-0.3, -0.25) is 0 Å². The highest BCUT2D eigenvalue weighted by molar-refractivity contribution is 4.78. The molecule has 0 amide bonds. The first-order valence-corrected chi connectivity index (χ1v) is 6.11. The lowest BCUT2D eigenvalue weighted by molar-refractivity contribution is 0.176. The summed E-state index contributed by atoms with van der Waals surface area (Å²) in [6.45, 7) is 8.74. The van der Waals surface area contributed by atoms with Crippen LogP contribution >= 0.6 is 0 Å². The maximum absolute atomic E-state index is 5.41. The molecule has 1 aliphatic rings. The Balaban J connectivity index is 2.25. The van der Waals surface area contributed by atoms with Crippen LogP contribution in [-0.2, 0) is 4.74 Å². The number of nitrogens with one attached hydrogen (secondary N) is 1. The van der Waals surface area contributed by atoms with Crippen molar-refractivity contribution in [2.24, 2.45) is 5.92 Å². The predicted octanol–water partition coefficient (Wildman–Crippen LogP) is 2.58. The molecule has 1 fully saturated rings. The molecular formula is C12H25NO. The fourth-order valence-electron chi connectivity index (χ4n) is 2.21. The molecule has 0 aromatic carbocycles. The van der Waals surface area contributed by atoms with Crippen molar-refractivity contribution in [2.75, 3.05) is 13.2 Å². The van der Waals surface area contributed by atoms with E-state index in [1.807, 2.05) is 0 Å². The molecule has 0 bridgehead atoms. The standard InChI is InChI=1S/C12H25NO/c1-4-6-12(5-2)13-10(3)11-7-8-14-9-11/h10-13H,4-9H2,1-3H3. The van der Waals surface area contributed by atoms with E-state index in [4.69, 9.17) is 4.74 Å². The Hall–Kier alpha value is -0.0800. The summed E-state index contributed by atoms with van der Waals surface area (Å²) in [5, 5.41) is 3.73. The van der Waals surface area contributed by atoms with E-state index in [9.17, 15) is 0 Å². The van der Waals surface area contributed by atoms with E-state index in [0.717, 1.165) is 19.1 Å². The monoisotopic (exact) mass is 199 g/mol. The number of ether oxygens (including phenoxy) is 1. The van der Waals surface area contributed by atoms with Crippen LogP contribution < -0.4 is 5.32 Å². The van der Waals surface area contributed by atoms with Gasteiger partial charge in [0, 0.05) is 18.7 Å². The highest BCUT2D eigenvalue weighted by Gasteiger charge is 2.23. The fraction of sp³-hybridized carbons (Fsp3) is 1.00. The minimum Gasteiger partial charge on any atom is -0.381 e. The van der Waals surface area contributed by atoms with Crippen LogP contribution in [0.2, 0.25) is 0 Å². The van der Waals surface area contributed by atoms with Crippen LogP contribution in [0.15, 0.2) is 0 Å². The summed E-state index contributed by atoms with van der Waals surface area (Å²) in [5.74, 6) is 0.737. The van der Waals surface area contributed by atoms with Gasteiger partial charge in [0.25, 0.3) is 0 Å². The van der Waals surface area contributed by atoms with Gasteiger partial charge in [0.2, 0.25) is 0 Å². The van der Waals surface area contributed by atoms with Crippen LogP contribution in [0.4, 0.5) is 0 Å². The van der Waals surface area contributed by atoms with E-state index in [1.54, 1.807) is 0 Å². The largest absolute Gasteiger partial charge is 0.381 e. The molecule has 3 unspecified atom stereocenters. The first-order valence-electron chi connectivity index (χ1n) is 6.11. The lowest BCUT2D eigenvalue weighted by Crippen LogP contribution is -2.40. The third-order valence-corrected chi connectivity index (χ3v) is 3.30. The van der Waals surface area contributed by atoms with Crippen molar-refractivity contribution in [2.45, 2.75) is 58.5 Å². The van der Waals surface area contributed by atoms with Crippen molar-refractivity contribution < 1.29 is 4.74 Å². The first kappa shape index (κ1) is 12.0. The van der Waals surface area contributed by atoms with Crippen molar-refractivity contribution in [1.29, 1.82) is 0 Å². The molecule has 0 aromatic rings. The highest BCUT2D eigenvalue weighted by atomic mass is 16.5. The lowest BCUT2D eigenvalue weighted by atomic mass is 9.98. The Morgan fingerprint density at radius 1 is 1.43 bits per heavy atom. The van der Waals surface area contributed by atoms with Gasteiger partial charge in [-0.25, -0.2) is 0 Å². The highest BCUT2D eigenvalue weighted by Crippen LogP contribution is 2.17. The second kappa shape index (κ2) is 6.41. The van der Waals surface area contributed by atoms with Crippen LogP contribution in [0.5, 0.6) is 0 Å². The second-order valence-electron chi connectivity index (χ2n) is 4.47. The van der Waals surface area contributed by atoms with Crippen molar-refractivity contribution in [3.63, 3.8) is 0 Å². The predicted molar refractivity (Wildman–Crippen MR) is 60.5 cm³/mol. The Labute approximate surface area is 88.4 Å². The Morgan fingerprint density at radius 3 is 2.71 bits per heavy atom. The van der Waals surface area contributed by atoms with E-state index in [-0.39, 0.29) is 0 Å². The Bertz CT molecular complexity index is 143. The van der Waals surface area contributed by atoms with E-state index in [1.165, 1.54) is 25.7 Å². The minimum atomic E-state index is 0.619. The third kappa shape index (κ3) is 3.58. The summed E-state index contributed by atoms with van der Waals surface area (Å²) in [6.07, 6.45) is 5.05. The van der Waals surface area contributed by atoms with Gasteiger partial charge in [0.1, 0.15) is 0 Å². The zero-order valence-electron chi connectivity index (χ0n) is 9.88. The van der Waals surface area contributed by atoms with Crippen LogP contribution in [0.1, 0.15) is 46.5 Å². The molecule has 1 N–H and O–H groups in total. The zero-order chi connectivity index (χ0) is 10.4. The van der Waals surface area contributed by atoms with Gasteiger partial charge in [-0.15, -0.1) is 0 Å². The topological polar surface area (TPSA) is 21.3 Å². The smallest absolute Gasteiger partial charge is 0.0509 e. The molecule has 0 radical (unpaired) electrons. The SMILES string of the molecule is CCCC(CC)NC(C)C1CCOC1. The summed E-state index contributed by atoms with van der Waals surface area (Å²) in [7, 11) is 0. The van der Waals surface area contributed by atoms with Crippen molar-refractivity contribution in [3.05, 3.63) is 0 Å². The fourth-order valence-corrected chi connectivity index (χ4v) is 2.21. The van der Waals surface area contributed by atoms with Gasteiger partial charge < -0.3 is 10.1 Å². The van der Waals surface area contributed by atoms with Crippen molar-refractivity contribution >= 4 is 0 Å². The van der Waals surface area contributed by atoms with Crippen molar-refractivity contribution in [1.82, 2.24) is 5.32 Å². The number of rotatable bonds is 6. The summed E-state index contributed by atoms with van der Waals surface area (Å²) in [5.41, 5.74) is 0. The molecule has 14 heavy (non-hydrogen) atoms. The molecule has 1 rings (SSSR count). The lowest BCUT2D eigenvalue weighted by Gasteiger charge is -2.25. The normalized spacial score (nSPS) is 26.4. The van der Waals surface area contributed by atoms with E-state index in [2.05, 4.69) is 26.1 Å². The maximum Gasteiger partial charge on any atom is 0.0509 e. The average Bonchev–Trinajstić information content (AvgIpc) is 2.69. The van der Waals surface area contributed by atoms with E-state index >= 15 is 0 Å². The second-order valence-corrected chi connectivity index (χ2v) is 4.47. The van der Waals surface area contributed by atoms with E-state index < -0.39 is 0 Å². The quantitative estimate of drug-likeness (QED) is 0.710. The molecule has 0 saturated carbocycles. The Morgan fingerprint density at radius 2 is 2.21 bits per heavy atom. The molecule has 3 atom stereocenters. The first-order chi connectivity index (χ1) is 6.77. The third-order valence-electron chi connectivity index (χ3n) is 3.30. The van der Waals surface area contributed by atoms with Crippen LogP contribution in [-0.4, -0.2) is 25.3 Å². The van der Waals surface area contributed by atoms with Crippen LogP contribution in [0.25, 0.3) is 0 Å². The summed E-state index contributed by atoms with van der Waals surface area (Å²) < 4.78 is 5.41. The molecule has 2 heteroatoms. The molecule has 0 aromatic heterocycles. The average molecular weight is 199 g/mol. The molecule has 1 aliphatic heterocycles. The Kier molecular flexibility index (Phi) is 5.49. The van der Waals surface area contributed by atoms with Gasteiger partial charge in [0.05, 0.1) is 6.61 Å². The molecule has 1 heterocycles. The van der Waals surface area contributed by atoms with Crippen LogP contribution in [0.3, 0.4) is 0 Å². The molecular weight excluding hydrogens is 174 g/mol. The van der Waals surface area contributed by atoms with Crippen molar-refractivity contribution in [3.8, 4) is 0 Å². The van der Waals surface area contributed by atoms with Gasteiger partial charge in [-0.1, -0.05) is 20.3 Å². The molecule has 1 saturated heterocycles. The van der Waals surface area contributed by atoms with Gasteiger partial charge in [-0.2, -0.15) is 0 Å². The number of hydrogen-bond donors (Lipinski definition) is 1. The molecule has 84 valence electrons. The maximum atomic E-state index is 5.41. The number of hydrogen-bond acceptors (Lipinski definition) is 2. The molecule has 0 spiro atoms. The van der Waals surface area contributed by atoms with Gasteiger partial charge >= 0.3 is 0 Å². The summed E-state index contributed by atoms with van der Waals surface area (Å²) >= 11 is 0. The van der Waals surface area contributed by atoms with Crippen LogP contribution in [0, 0.1) is 5.92 Å². The van der Waals surface area contributed by atoms with E-state index in [0.29, 0.717) is 12.1 Å². The zero-order valence-corrected chi connectivity index (χ0v) is 9.88. The molecule has 2 nitrogen and oxygen atoms in total. The van der Waals surface area contributed by atoms with Gasteiger partial charge in [0.15, 0.2) is 0 Å². The minimum absolute atomic E-state index is 0.619. The molecule has 0 aliphatic carbocycles.